The zero-order chi connectivity index (χ0) is 11.7. The first kappa shape index (κ1) is 14.4. The van der Waals surface area contributed by atoms with Crippen molar-refractivity contribution in [3.05, 3.63) is 0 Å². The van der Waals surface area contributed by atoms with E-state index in [1.165, 1.54) is 0 Å². The lowest BCUT2D eigenvalue weighted by Gasteiger charge is -2.26. The van der Waals surface area contributed by atoms with Gasteiger partial charge in [-0.05, 0) is 19.5 Å². The van der Waals surface area contributed by atoms with Gasteiger partial charge in [-0.15, -0.1) is 6.42 Å². The van der Waals surface area contributed by atoms with Crippen LogP contribution >= 0.6 is 0 Å². The topological polar surface area (TPSA) is 24.5 Å². The number of nitrogens with zero attached hydrogens (tertiary/aromatic N) is 1. The Morgan fingerprint density at radius 2 is 2.07 bits per heavy atom. The Hall–Kier alpha value is -0.560. The molecule has 0 aromatic heterocycles. The second-order valence-electron chi connectivity index (χ2n) is 4.28. The molecule has 3 heteroatoms. The van der Waals surface area contributed by atoms with Gasteiger partial charge in [-0.3, -0.25) is 4.90 Å². The molecule has 0 aliphatic carbocycles. The fraction of sp³-hybridized carbons (Fsp3) is 0.833. The summed E-state index contributed by atoms with van der Waals surface area (Å²) in [6, 6.07) is 0.352. The molecule has 0 aromatic rings. The van der Waals surface area contributed by atoms with Crippen molar-refractivity contribution >= 4 is 0 Å². The van der Waals surface area contributed by atoms with Gasteiger partial charge in [0.2, 0.25) is 0 Å². The van der Waals surface area contributed by atoms with Gasteiger partial charge in [-0.25, -0.2) is 0 Å². The monoisotopic (exact) mass is 212 g/mol. The molecule has 0 radical (unpaired) electrons. The van der Waals surface area contributed by atoms with Gasteiger partial charge in [0.1, 0.15) is 0 Å². The third-order valence-electron chi connectivity index (χ3n) is 2.26. The Morgan fingerprint density at radius 1 is 1.40 bits per heavy atom. The zero-order valence-corrected chi connectivity index (χ0v) is 10.4. The van der Waals surface area contributed by atoms with E-state index in [1.807, 2.05) is 7.05 Å². The molecule has 3 nitrogen and oxygen atoms in total. The lowest BCUT2D eigenvalue weighted by Crippen LogP contribution is -2.44. The maximum absolute atomic E-state index is 5.29. The van der Waals surface area contributed by atoms with Crippen molar-refractivity contribution in [2.45, 2.75) is 19.9 Å². The SMILES string of the molecule is C#CCN(C)C(CNCC(C)C)COC. The molecule has 0 aliphatic heterocycles. The van der Waals surface area contributed by atoms with Crippen LogP contribution in [0.15, 0.2) is 0 Å². The van der Waals surface area contributed by atoms with Crippen LogP contribution in [0.5, 0.6) is 0 Å². The highest BCUT2D eigenvalue weighted by molar-refractivity contribution is 4.89. The summed E-state index contributed by atoms with van der Waals surface area (Å²) in [6.07, 6.45) is 5.29. The quantitative estimate of drug-likeness (QED) is 0.603. The van der Waals surface area contributed by atoms with Crippen LogP contribution in [-0.4, -0.2) is 51.3 Å². The number of rotatable bonds is 8. The number of nitrogens with one attached hydrogen (secondary N) is 1. The van der Waals surface area contributed by atoms with Crippen LogP contribution in [0.4, 0.5) is 0 Å². The highest BCUT2D eigenvalue weighted by atomic mass is 16.5. The fourth-order valence-electron chi connectivity index (χ4n) is 1.35. The number of methoxy groups -OCH3 is 1. The standard InChI is InChI=1S/C12H24N2O/c1-6-7-14(4)12(10-15-5)9-13-8-11(2)3/h1,11-13H,7-10H2,2-5H3. The minimum Gasteiger partial charge on any atom is -0.383 e. The fourth-order valence-corrected chi connectivity index (χ4v) is 1.35. The van der Waals surface area contributed by atoms with Gasteiger partial charge < -0.3 is 10.1 Å². The molecule has 0 rings (SSSR count). The van der Waals surface area contributed by atoms with E-state index in [-0.39, 0.29) is 0 Å². The Bertz CT molecular complexity index is 187. The summed E-state index contributed by atoms with van der Waals surface area (Å²) >= 11 is 0. The van der Waals surface area contributed by atoms with E-state index in [2.05, 4.69) is 30.0 Å². The van der Waals surface area contributed by atoms with Gasteiger partial charge in [0, 0.05) is 19.7 Å². The summed E-state index contributed by atoms with van der Waals surface area (Å²) in [7, 11) is 3.75. The Labute approximate surface area is 94.2 Å². The van der Waals surface area contributed by atoms with Crippen LogP contribution in [0.2, 0.25) is 0 Å². The number of ether oxygens (including phenoxy) is 1. The molecule has 0 saturated heterocycles. The van der Waals surface area contributed by atoms with E-state index in [0.717, 1.165) is 13.1 Å². The van der Waals surface area contributed by atoms with Crippen LogP contribution < -0.4 is 5.32 Å². The molecule has 0 heterocycles. The molecule has 0 bridgehead atoms. The van der Waals surface area contributed by atoms with Crippen molar-refractivity contribution in [3.8, 4) is 12.3 Å². The van der Waals surface area contributed by atoms with Gasteiger partial charge in [0.25, 0.3) is 0 Å². The molecule has 1 N–H and O–H groups in total. The lowest BCUT2D eigenvalue weighted by molar-refractivity contribution is 0.112. The van der Waals surface area contributed by atoms with Crippen LogP contribution in [0.25, 0.3) is 0 Å². The van der Waals surface area contributed by atoms with E-state index < -0.39 is 0 Å². The molecule has 0 amide bonds. The van der Waals surface area contributed by atoms with Gasteiger partial charge in [0.05, 0.1) is 13.2 Å². The van der Waals surface area contributed by atoms with Crippen molar-refractivity contribution in [3.63, 3.8) is 0 Å². The third kappa shape index (κ3) is 7.38. The van der Waals surface area contributed by atoms with E-state index in [9.17, 15) is 0 Å². The van der Waals surface area contributed by atoms with Crippen molar-refractivity contribution < 1.29 is 4.74 Å². The maximum Gasteiger partial charge on any atom is 0.0630 e. The molecule has 15 heavy (non-hydrogen) atoms. The highest BCUT2D eigenvalue weighted by Gasteiger charge is 2.13. The zero-order valence-electron chi connectivity index (χ0n) is 10.4. The summed E-state index contributed by atoms with van der Waals surface area (Å²) in [5, 5.41) is 3.42. The summed E-state index contributed by atoms with van der Waals surface area (Å²) in [5.41, 5.74) is 0. The molecule has 0 saturated carbocycles. The maximum atomic E-state index is 5.29. The van der Waals surface area contributed by atoms with E-state index in [4.69, 9.17) is 11.2 Å². The van der Waals surface area contributed by atoms with E-state index in [0.29, 0.717) is 25.1 Å². The Kier molecular flexibility index (Phi) is 8.40. The van der Waals surface area contributed by atoms with Crippen LogP contribution in [0.3, 0.4) is 0 Å². The van der Waals surface area contributed by atoms with E-state index in [1.54, 1.807) is 7.11 Å². The normalized spacial score (nSPS) is 13.1. The third-order valence-corrected chi connectivity index (χ3v) is 2.26. The summed E-state index contributed by atoms with van der Waals surface area (Å²) in [5.74, 6) is 3.32. The smallest absolute Gasteiger partial charge is 0.0630 e. The van der Waals surface area contributed by atoms with Crippen molar-refractivity contribution in [1.29, 1.82) is 0 Å². The molecule has 88 valence electrons. The van der Waals surface area contributed by atoms with Gasteiger partial charge in [-0.1, -0.05) is 19.8 Å². The second kappa shape index (κ2) is 8.72. The first-order chi connectivity index (χ1) is 7.11. The lowest BCUT2D eigenvalue weighted by atomic mass is 10.2. The van der Waals surface area contributed by atoms with E-state index >= 15 is 0 Å². The first-order valence-electron chi connectivity index (χ1n) is 5.45. The predicted molar refractivity (Wildman–Crippen MR) is 64.8 cm³/mol. The molecule has 0 spiro atoms. The molecule has 0 aromatic carbocycles. The van der Waals surface area contributed by atoms with Crippen molar-refractivity contribution in [1.82, 2.24) is 10.2 Å². The molecule has 1 unspecified atom stereocenters. The van der Waals surface area contributed by atoms with Gasteiger partial charge in [0.15, 0.2) is 0 Å². The minimum atomic E-state index is 0.352. The van der Waals surface area contributed by atoms with Gasteiger partial charge in [-0.2, -0.15) is 0 Å². The van der Waals surface area contributed by atoms with Crippen LogP contribution in [-0.2, 0) is 4.74 Å². The van der Waals surface area contributed by atoms with Crippen molar-refractivity contribution in [2.75, 3.05) is 40.4 Å². The summed E-state index contributed by atoms with van der Waals surface area (Å²) < 4.78 is 5.18. The molecular formula is C12H24N2O. The average Bonchev–Trinajstić information content (AvgIpc) is 2.16. The summed E-state index contributed by atoms with van der Waals surface area (Å²) in [4.78, 5) is 2.14. The van der Waals surface area contributed by atoms with Crippen LogP contribution in [0, 0.1) is 18.3 Å². The molecular weight excluding hydrogens is 188 g/mol. The van der Waals surface area contributed by atoms with Crippen molar-refractivity contribution in [2.24, 2.45) is 5.92 Å². The minimum absolute atomic E-state index is 0.352. The number of likely N-dealkylation sites (N-methyl/N-ethyl adjacent to an activating group) is 1. The number of hydrogen-bond donors (Lipinski definition) is 1. The Morgan fingerprint density at radius 3 is 2.53 bits per heavy atom. The Balaban J connectivity index is 3.87. The first-order valence-corrected chi connectivity index (χ1v) is 5.45. The predicted octanol–water partition coefficient (Wildman–Crippen LogP) is 0.812. The highest BCUT2D eigenvalue weighted by Crippen LogP contribution is 1.96. The molecule has 0 fully saturated rings. The van der Waals surface area contributed by atoms with Crippen LogP contribution in [0.1, 0.15) is 13.8 Å². The largest absolute Gasteiger partial charge is 0.383 e. The second-order valence-corrected chi connectivity index (χ2v) is 4.28. The summed E-state index contributed by atoms with van der Waals surface area (Å²) in [6.45, 7) is 7.72. The number of terminal acetylenes is 1. The molecule has 1 atom stereocenters. The average molecular weight is 212 g/mol. The molecule has 0 aliphatic rings. The number of hydrogen-bond acceptors (Lipinski definition) is 3. The van der Waals surface area contributed by atoms with Gasteiger partial charge >= 0.3 is 0 Å².